The molecule has 5 heteroatoms. The summed E-state index contributed by atoms with van der Waals surface area (Å²) >= 11 is 5.07. The molecule has 0 aliphatic rings. The van der Waals surface area contributed by atoms with E-state index in [2.05, 4.69) is 9.97 Å². The Kier molecular flexibility index (Phi) is 3.39. The molecule has 0 bridgehead atoms. The van der Waals surface area contributed by atoms with E-state index < -0.39 is 0 Å². The Morgan fingerprint density at radius 2 is 2.00 bits per heavy atom. The highest BCUT2D eigenvalue weighted by molar-refractivity contribution is 7.71. The quantitative estimate of drug-likeness (QED) is 0.848. The average molecular weight is 248 g/mol. The van der Waals surface area contributed by atoms with Crippen LogP contribution in [0.2, 0.25) is 0 Å². The van der Waals surface area contributed by atoms with Crippen molar-refractivity contribution in [2.24, 2.45) is 0 Å². The second kappa shape index (κ2) is 4.97. The van der Waals surface area contributed by atoms with Crippen molar-refractivity contribution in [2.75, 3.05) is 14.2 Å². The highest BCUT2D eigenvalue weighted by Gasteiger charge is 2.12. The van der Waals surface area contributed by atoms with Crippen LogP contribution in [0.15, 0.2) is 30.5 Å². The molecule has 2 aromatic rings. The van der Waals surface area contributed by atoms with Gasteiger partial charge in [-0.15, -0.1) is 0 Å². The Morgan fingerprint density at radius 1 is 1.18 bits per heavy atom. The zero-order chi connectivity index (χ0) is 12.3. The first-order valence-corrected chi connectivity index (χ1v) is 5.43. The number of hydrogen-bond donors (Lipinski definition) is 1. The van der Waals surface area contributed by atoms with Crippen LogP contribution in [0.25, 0.3) is 11.4 Å². The van der Waals surface area contributed by atoms with Gasteiger partial charge in [-0.05, 0) is 18.2 Å². The lowest BCUT2D eigenvalue weighted by molar-refractivity contribution is 0.356. The minimum atomic E-state index is 0.625. The van der Waals surface area contributed by atoms with Crippen LogP contribution >= 0.6 is 12.2 Å². The number of ether oxygens (including phenoxy) is 2. The minimum absolute atomic E-state index is 0.625. The fourth-order valence-corrected chi connectivity index (χ4v) is 1.74. The van der Waals surface area contributed by atoms with Crippen molar-refractivity contribution in [3.8, 4) is 22.9 Å². The van der Waals surface area contributed by atoms with E-state index in [-0.39, 0.29) is 0 Å². The molecule has 0 fully saturated rings. The van der Waals surface area contributed by atoms with Gasteiger partial charge in [0, 0.05) is 6.20 Å². The monoisotopic (exact) mass is 248 g/mol. The number of hydrogen-bond acceptors (Lipinski definition) is 4. The van der Waals surface area contributed by atoms with Crippen molar-refractivity contribution in [1.82, 2.24) is 9.97 Å². The summed E-state index contributed by atoms with van der Waals surface area (Å²) in [5.74, 6) is 1.96. The van der Waals surface area contributed by atoms with Gasteiger partial charge in [0.15, 0.2) is 11.5 Å². The minimum Gasteiger partial charge on any atom is -0.493 e. The summed E-state index contributed by atoms with van der Waals surface area (Å²) in [4.78, 5) is 7.25. The highest BCUT2D eigenvalue weighted by Crippen LogP contribution is 2.35. The van der Waals surface area contributed by atoms with Crippen molar-refractivity contribution in [2.45, 2.75) is 0 Å². The Labute approximate surface area is 104 Å². The molecule has 0 spiro atoms. The maximum Gasteiger partial charge on any atom is 0.171 e. The van der Waals surface area contributed by atoms with Gasteiger partial charge < -0.3 is 14.5 Å². The summed E-state index contributed by atoms with van der Waals surface area (Å²) in [6.07, 6.45) is 1.66. The lowest BCUT2D eigenvalue weighted by Gasteiger charge is -2.11. The van der Waals surface area contributed by atoms with E-state index in [0.29, 0.717) is 22.0 Å². The molecule has 0 aliphatic carbocycles. The predicted molar refractivity (Wildman–Crippen MR) is 68.0 cm³/mol. The smallest absolute Gasteiger partial charge is 0.171 e. The summed E-state index contributed by atoms with van der Waals surface area (Å²) in [5.41, 5.74) is 0.818. The Bertz CT molecular complexity index is 581. The summed E-state index contributed by atoms with van der Waals surface area (Å²) in [6, 6.07) is 7.34. The fourth-order valence-electron chi connectivity index (χ4n) is 1.58. The molecular weight excluding hydrogens is 236 g/mol. The first kappa shape index (κ1) is 11.6. The molecule has 4 nitrogen and oxygen atoms in total. The van der Waals surface area contributed by atoms with Crippen LogP contribution in [0, 0.1) is 4.64 Å². The zero-order valence-electron chi connectivity index (χ0n) is 9.56. The van der Waals surface area contributed by atoms with Crippen molar-refractivity contribution < 1.29 is 9.47 Å². The lowest BCUT2D eigenvalue weighted by Crippen LogP contribution is -1.95. The molecule has 0 unspecified atom stereocenters. The normalized spacial score (nSPS) is 10.0. The van der Waals surface area contributed by atoms with Gasteiger partial charge in [0.05, 0.1) is 19.8 Å². The molecule has 17 heavy (non-hydrogen) atoms. The number of aromatic nitrogens is 2. The van der Waals surface area contributed by atoms with Crippen molar-refractivity contribution >= 4 is 12.2 Å². The van der Waals surface area contributed by atoms with Gasteiger partial charge in [0.25, 0.3) is 0 Å². The van der Waals surface area contributed by atoms with Crippen LogP contribution in [0.5, 0.6) is 11.5 Å². The largest absolute Gasteiger partial charge is 0.493 e. The number of aromatic amines is 1. The molecule has 0 atom stereocenters. The maximum absolute atomic E-state index is 5.34. The van der Waals surface area contributed by atoms with E-state index in [1.165, 1.54) is 0 Å². The number of nitrogens with zero attached hydrogens (tertiary/aromatic N) is 1. The zero-order valence-corrected chi connectivity index (χ0v) is 10.4. The van der Waals surface area contributed by atoms with Crippen molar-refractivity contribution in [3.63, 3.8) is 0 Å². The topological polar surface area (TPSA) is 47.1 Å². The third kappa shape index (κ3) is 2.29. The molecule has 0 radical (unpaired) electrons. The van der Waals surface area contributed by atoms with Crippen molar-refractivity contribution in [1.29, 1.82) is 0 Å². The molecule has 0 saturated heterocycles. The lowest BCUT2D eigenvalue weighted by atomic mass is 10.1. The van der Waals surface area contributed by atoms with E-state index in [4.69, 9.17) is 21.7 Å². The van der Waals surface area contributed by atoms with Gasteiger partial charge in [0.2, 0.25) is 0 Å². The number of H-pyrrole nitrogens is 1. The number of nitrogens with one attached hydrogen (secondary N) is 1. The molecule has 1 N–H and O–H groups in total. The Morgan fingerprint density at radius 3 is 2.65 bits per heavy atom. The predicted octanol–water partition coefficient (Wildman–Crippen LogP) is 2.82. The number of para-hydroxylation sites is 1. The second-order valence-corrected chi connectivity index (χ2v) is 3.76. The van der Waals surface area contributed by atoms with Crippen LogP contribution in [-0.2, 0) is 0 Å². The van der Waals surface area contributed by atoms with Gasteiger partial charge in [-0.1, -0.05) is 18.3 Å². The average Bonchev–Trinajstić information content (AvgIpc) is 2.37. The van der Waals surface area contributed by atoms with E-state index >= 15 is 0 Å². The number of methoxy groups -OCH3 is 2. The van der Waals surface area contributed by atoms with Gasteiger partial charge in [-0.25, -0.2) is 4.98 Å². The Hall–Kier alpha value is -1.88. The first-order valence-electron chi connectivity index (χ1n) is 5.03. The first-order chi connectivity index (χ1) is 8.26. The molecule has 1 aromatic heterocycles. The molecule has 2 rings (SSSR count). The third-order valence-electron chi connectivity index (χ3n) is 2.33. The van der Waals surface area contributed by atoms with Crippen LogP contribution < -0.4 is 9.47 Å². The molecular formula is C12H12N2O2S. The molecule has 1 heterocycles. The standard InChI is InChI=1S/C12H12N2O2S/c1-15-9-5-3-4-8(11(9)16-2)12-13-7-6-10(17)14-12/h3-7H,1-2H3,(H,13,14,17). The molecule has 88 valence electrons. The summed E-state index contributed by atoms with van der Waals surface area (Å²) in [6.45, 7) is 0. The maximum atomic E-state index is 5.34. The summed E-state index contributed by atoms with van der Waals surface area (Å²) in [5, 5.41) is 0. The molecule has 0 aliphatic heterocycles. The third-order valence-corrected chi connectivity index (χ3v) is 2.57. The van der Waals surface area contributed by atoms with Gasteiger partial charge in [0.1, 0.15) is 10.5 Å². The second-order valence-electron chi connectivity index (χ2n) is 3.32. The molecule has 0 saturated carbocycles. The number of rotatable bonds is 3. The Balaban J connectivity index is 2.63. The van der Waals surface area contributed by atoms with Crippen LogP contribution in [0.1, 0.15) is 0 Å². The number of benzene rings is 1. The van der Waals surface area contributed by atoms with E-state index in [1.54, 1.807) is 26.5 Å². The molecule has 0 amide bonds. The SMILES string of the molecule is COc1cccc(-c2nccc(=S)[nH]2)c1OC. The van der Waals surface area contributed by atoms with Gasteiger partial charge in [-0.2, -0.15) is 0 Å². The van der Waals surface area contributed by atoms with E-state index in [0.717, 1.165) is 5.56 Å². The van der Waals surface area contributed by atoms with E-state index in [9.17, 15) is 0 Å². The highest BCUT2D eigenvalue weighted by atomic mass is 32.1. The molecule has 1 aromatic carbocycles. The summed E-state index contributed by atoms with van der Waals surface area (Å²) < 4.78 is 11.2. The van der Waals surface area contributed by atoms with Crippen LogP contribution in [-0.4, -0.2) is 24.2 Å². The fraction of sp³-hybridized carbons (Fsp3) is 0.167. The van der Waals surface area contributed by atoms with Gasteiger partial charge in [-0.3, -0.25) is 0 Å². The van der Waals surface area contributed by atoms with E-state index in [1.807, 2.05) is 18.2 Å². The summed E-state index contributed by atoms with van der Waals surface area (Å²) in [7, 11) is 3.20. The van der Waals surface area contributed by atoms with Crippen LogP contribution in [0.3, 0.4) is 0 Å². The van der Waals surface area contributed by atoms with Crippen LogP contribution in [0.4, 0.5) is 0 Å². The van der Waals surface area contributed by atoms with Gasteiger partial charge >= 0.3 is 0 Å². The van der Waals surface area contributed by atoms with Crippen molar-refractivity contribution in [3.05, 3.63) is 35.1 Å².